The maximum absolute atomic E-state index is 10.8. The molecule has 0 saturated carbocycles. The molecule has 0 aromatic rings. The minimum atomic E-state index is -0.494. The zero-order valence-corrected chi connectivity index (χ0v) is 82.8. The van der Waals surface area contributed by atoms with Gasteiger partial charge in [0.15, 0.2) is 0 Å². The molecule has 0 aromatic carbocycles. The normalized spacial score (nSPS) is 11.5. The van der Waals surface area contributed by atoms with Crippen LogP contribution in [0.25, 0.3) is 0 Å². The lowest BCUT2D eigenvalue weighted by Gasteiger charge is -2.16. The zero-order chi connectivity index (χ0) is 106. The van der Waals surface area contributed by atoms with Gasteiger partial charge in [-0.3, -0.25) is 115 Å². The molecule has 784 valence electrons. The highest BCUT2D eigenvalue weighted by Gasteiger charge is 2.22. The van der Waals surface area contributed by atoms with Crippen LogP contribution in [0.15, 0.2) is 0 Å². The number of esters is 24. The molecule has 0 aliphatic rings. The van der Waals surface area contributed by atoms with Crippen molar-refractivity contribution in [2.45, 2.75) is 318 Å². The van der Waals surface area contributed by atoms with Gasteiger partial charge in [0.1, 0.15) is 102 Å². The number of rotatable bonds is 56. The van der Waals surface area contributed by atoms with Crippen molar-refractivity contribution < 1.29 is 229 Å². The van der Waals surface area contributed by atoms with E-state index in [2.05, 4.69) is 0 Å². The molecule has 0 aliphatic carbocycles. The van der Waals surface area contributed by atoms with Gasteiger partial charge in [-0.05, 0) is 103 Å². The maximum Gasteiger partial charge on any atom is 0.303 e. The van der Waals surface area contributed by atoms with Gasteiger partial charge >= 0.3 is 143 Å². The average Bonchev–Trinajstić information content (AvgIpc) is 1.01. The Morgan fingerprint density at radius 1 is 0.118 bits per heavy atom. The summed E-state index contributed by atoms with van der Waals surface area (Å²) in [6.45, 7) is 33.3. The van der Waals surface area contributed by atoms with E-state index in [1.165, 1.54) is 166 Å². The Labute approximate surface area is 792 Å². The van der Waals surface area contributed by atoms with Crippen molar-refractivity contribution in [1.29, 1.82) is 0 Å². The first-order chi connectivity index (χ1) is 63.3. The molecule has 0 radical (unpaired) electrons. The van der Waals surface area contributed by atoms with Crippen molar-refractivity contribution in [2.24, 2.45) is 0 Å². The molecule has 48 heteroatoms. The van der Waals surface area contributed by atoms with Gasteiger partial charge in [0.05, 0.1) is 52.9 Å². The molecule has 136 heavy (non-hydrogen) atoms. The molecule has 0 rings (SSSR count). The Kier molecular flexibility index (Phi) is 94.6. The van der Waals surface area contributed by atoms with Crippen LogP contribution in [0.4, 0.5) is 0 Å². The van der Waals surface area contributed by atoms with E-state index in [4.69, 9.17) is 114 Å². The fraction of sp³-hybridized carbons (Fsp3) is 0.727. The van der Waals surface area contributed by atoms with Crippen LogP contribution < -0.4 is 0 Å². The van der Waals surface area contributed by atoms with Crippen molar-refractivity contribution in [3.05, 3.63) is 0 Å². The first-order valence-electron chi connectivity index (χ1n) is 42.8. The first kappa shape index (κ1) is 139. The van der Waals surface area contributed by atoms with E-state index in [1.54, 1.807) is 0 Å². The molecule has 0 bridgehead atoms. The average molecular weight is 1970 g/mol. The number of hydrogen-bond acceptors (Lipinski definition) is 48. The molecule has 0 aliphatic heterocycles. The van der Waals surface area contributed by atoms with Gasteiger partial charge < -0.3 is 114 Å². The third kappa shape index (κ3) is 132. The van der Waals surface area contributed by atoms with E-state index < -0.39 is 144 Å². The minimum absolute atomic E-state index is 0.0228. The van der Waals surface area contributed by atoms with Crippen molar-refractivity contribution >= 4 is 143 Å². The SMILES string of the molecule is CC(=O)OCCCC(COC(C)=O)OC(C)=O.CC(=O)OCCCC(COC(C)=O)OC(C)=O.CC(=O)OCCCC(COC(C)=O)OC(C)=O.CC(=O)OCCCC(COC(C)=O)OC(C)=O.CC(=O)OCCCC(COC(C)=O)OC(C)=O.CC(=O)OCCCC(COC(C)=O)OC(C)=O.CC(=O)OCCCC(COC(C)=O)OC(C)=O.CC(=O)OCCCC(COC(C)=O)OC(C)=O. The fourth-order valence-corrected chi connectivity index (χ4v) is 9.19. The molecular formula is C88H144O48. The third-order valence-electron chi connectivity index (χ3n) is 14.2. The van der Waals surface area contributed by atoms with Crippen molar-refractivity contribution in [3.8, 4) is 0 Å². The van der Waals surface area contributed by atoms with Crippen LogP contribution >= 0.6 is 0 Å². The van der Waals surface area contributed by atoms with Gasteiger partial charge in [-0.2, -0.15) is 0 Å². The van der Waals surface area contributed by atoms with Crippen LogP contribution in [0.1, 0.15) is 269 Å². The van der Waals surface area contributed by atoms with Crippen LogP contribution in [-0.2, 0) is 229 Å². The predicted octanol–water partition coefficient (Wildman–Crippen LogP) is 6.60. The maximum atomic E-state index is 10.8. The van der Waals surface area contributed by atoms with Gasteiger partial charge in [-0.25, -0.2) is 0 Å². The second kappa shape index (κ2) is 92.7. The van der Waals surface area contributed by atoms with Gasteiger partial charge in [0, 0.05) is 166 Å². The lowest BCUT2D eigenvalue weighted by atomic mass is 10.2. The molecule has 0 amide bonds. The molecular weight excluding hydrogens is 1820 g/mol. The molecule has 0 N–H and O–H groups in total. The molecule has 0 spiro atoms. The summed E-state index contributed by atoms with van der Waals surface area (Å²) in [5.41, 5.74) is 0. The fourth-order valence-electron chi connectivity index (χ4n) is 9.19. The van der Waals surface area contributed by atoms with Crippen LogP contribution in [-0.4, -0.2) is 298 Å². The Hall–Kier alpha value is -12.7. The molecule has 8 unspecified atom stereocenters. The number of carbonyl (C=O) groups is 24. The number of ether oxygens (including phenoxy) is 24. The Balaban J connectivity index is -0.000000229. The number of carbonyl (C=O) groups excluding carboxylic acids is 24. The lowest BCUT2D eigenvalue weighted by molar-refractivity contribution is -0.157. The molecule has 48 nitrogen and oxygen atoms in total. The zero-order valence-electron chi connectivity index (χ0n) is 82.8. The summed E-state index contributed by atoms with van der Waals surface area (Å²) in [6.07, 6.45) is 4.15. The summed E-state index contributed by atoms with van der Waals surface area (Å²) in [5.74, 6) is -9.73. The predicted molar refractivity (Wildman–Crippen MR) is 464 cm³/mol. The minimum Gasteiger partial charge on any atom is -0.466 e. The summed E-state index contributed by atoms with van der Waals surface area (Å²) in [5, 5.41) is 0. The van der Waals surface area contributed by atoms with E-state index in [-0.39, 0.29) is 153 Å². The number of hydrogen-bond donors (Lipinski definition) is 0. The largest absolute Gasteiger partial charge is 0.466 e. The topological polar surface area (TPSA) is 631 Å². The third-order valence-corrected chi connectivity index (χ3v) is 14.2. The van der Waals surface area contributed by atoms with Gasteiger partial charge in [-0.1, -0.05) is 0 Å². The highest BCUT2D eigenvalue weighted by Crippen LogP contribution is 2.13. The smallest absolute Gasteiger partial charge is 0.303 e. The van der Waals surface area contributed by atoms with Crippen molar-refractivity contribution in [2.75, 3.05) is 106 Å². The summed E-state index contributed by atoms with van der Waals surface area (Å²) < 4.78 is 116. The molecule has 0 heterocycles. The molecule has 8 atom stereocenters. The van der Waals surface area contributed by atoms with Gasteiger partial charge in [0.25, 0.3) is 0 Å². The van der Waals surface area contributed by atoms with Crippen LogP contribution in [0.5, 0.6) is 0 Å². The van der Waals surface area contributed by atoms with Gasteiger partial charge in [-0.15, -0.1) is 0 Å². The second-order valence-corrected chi connectivity index (χ2v) is 28.1. The van der Waals surface area contributed by atoms with Crippen molar-refractivity contribution in [1.82, 2.24) is 0 Å². The van der Waals surface area contributed by atoms with E-state index in [9.17, 15) is 115 Å². The van der Waals surface area contributed by atoms with Crippen molar-refractivity contribution in [3.63, 3.8) is 0 Å². The first-order valence-corrected chi connectivity index (χ1v) is 42.8. The molecule has 0 aromatic heterocycles. The lowest BCUT2D eigenvalue weighted by Crippen LogP contribution is -2.24. The monoisotopic (exact) mass is 1970 g/mol. The van der Waals surface area contributed by atoms with E-state index in [0.717, 1.165) is 0 Å². The molecule has 0 saturated heterocycles. The standard InChI is InChI=1S/8C11H18O6/c8*1-8(12)15-6-4-5-11(17-10(3)14)7-16-9(2)13/h8*11H,4-7H2,1-3H3. The van der Waals surface area contributed by atoms with Crippen LogP contribution in [0.2, 0.25) is 0 Å². The molecule has 0 fully saturated rings. The quantitative estimate of drug-likeness (QED) is 0.0351. The summed E-state index contributed by atoms with van der Waals surface area (Å²) in [4.78, 5) is 255. The summed E-state index contributed by atoms with van der Waals surface area (Å²) >= 11 is 0. The highest BCUT2D eigenvalue weighted by molar-refractivity contribution is 5.73. The van der Waals surface area contributed by atoms with E-state index >= 15 is 0 Å². The summed E-state index contributed by atoms with van der Waals surface area (Å²) in [6, 6.07) is 0. The second-order valence-electron chi connectivity index (χ2n) is 28.1. The van der Waals surface area contributed by atoms with E-state index in [1.807, 2.05) is 0 Å². The van der Waals surface area contributed by atoms with Crippen LogP contribution in [0, 0.1) is 0 Å². The Bertz CT molecular complexity index is 2860. The van der Waals surface area contributed by atoms with E-state index in [0.29, 0.717) is 103 Å². The van der Waals surface area contributed by atoms with Gasteiger partial charge in [0.2, 0.25) is 0 Å². The Morgan fingerprint density at radius 2 is 0.191 bits per heavy atom. The van der Waals surface area contributed by atoms with Crippen LogP contribution in [0.3, 0.4) is 0 Å². The highest BCUT2D eigenvalue weighted by atomic mass is 16.6. The Morgan fingerprint density at radius 3 is 0.250 bits per heavy atom. The summed E-state index contributed by atoms with van der Waals surface area (Å²) in [7, 11) is 0.